The van der Waals surface area contributed by atoms with Crippen LogP contribution in [0.3, 0.4) is 0 Å². The van der Waals surface area contributed by atoms with Crippen LogP contribution in [-0.2, 0) is 5.54 Å². The van der Waals surface area contributed by atoms with Crippen LogP contribution in [0.15, 0.2) is 18.2 Å². The highest BCUT2D eigenvalue weighted by atomic mass is 19.1. The van der Waals surface area contributed by atoms with Gasteiger partial charge in [-0.05, 0) is 39.2 Å². The van der Waals surface area contributed by atoms with E-state index in [-0.39, 0.29) is 12.2 Å². The zero-order valence-electron chi connectivity index (χ0n) is 11.0. The molecule has 1 aromatic carbocycles. The van der Waals surface area contributed by atoms with E-state index in [9.17, 15) is 13.9 Å². The Morgan fingerprint density at radius 3 is 2.56 bits per heavy atom. The zero-order chi connectivity index (χ0) is 13.8. The van der Waals surface area contributed by atoms with E-state index in [0.717, 1.165) is 24.7 Å². The topological polar surface area (TPSA) is 35.5 Å². The Morgan fingerprint density at radius 1 is 1.33 bits per heavy atom. The van der Waals surface area contributed by atoms with Crippen LogP contribution in [0, 0.1) is 11.6 Å². The van der Waals surface area contributed by atoms with Crippen molar-refractivity contribution in [2.24, 2.45) is 0 Å². The fourth-order valence-corrected chi connectivity index (χ4v) is 1.71. The maximum absolute atomic E-state index is 13.7. The highest BCUT2D eigenvalue weighted by molar-refractivity contribution is 5.26. The minimum Gasteiger partial charge on any atom is -0.394 e. The predicted octanol–water partition coefficient (Wildman–Crippen LogP) is 1.32. The van der Waals surface area contributed by atoms with Crippen LogP contribution in [0.5, 0.6) is 0 Å². The molecule has 0 aliphatic rings. The summed E-state index contributed by atoms with van der Waals surface area (Å²) in [5, 5.41) is 12.5. The molecule has 3 nitrogen and oxygen atoms in total. The van der Waals surface area contributed by atoms with Crippen molar-refractivity contribution < 1.29 is 13.9 Å². The van der Waals surface area contributed by atoms with Gasteiger partial charge in [-0.1, -0.05) is 0 Å². The second kappa shape index (κ2) is 6.22. The van der Waals surface area contributed by atoms with Gasteiger partial charge < -0.3 is 15.3 Å². The molecule has 0 aliphatic heterocycles. The van der Waals surface area contributed by atoms with Crippen LogP contribution >= 0.6 is 0 Å². The number of likely N-dealkylation sites (N-methyl/N-ethyl adjacent to an activating group) is 1. The van der Waals surface area contributed by atoms with Gasteiger partial charge in [-0.2, -0.15) is 0 Å². The number of benzene rings is 1. The van der Waals surface area contributed by atoms with E-state index in [2.05, 4.69) is 5.32 Å². The lowest BCUT2D eigenvalue weighted by molar-refractivity contribution is 0.168. The molecule has 0 heterocycles. The molecule has 0 fully saturated rings. The molecule has 5 heteroatoms. The molecule has 1 rings (SSSR count). The van der Waals surface area contributed by atoms with Gasteiger partial charge in [0.1, 0.15) is 11.6 Å². The van der Waals surface area contributed by atoms with Crippen molar-refractivity contribution in [2.75, 3.05) is 33.8 Å². The standard InChI is InChI=1S/C13H20F2N2O/c1-13(9-18,16-6-7-17(2)3)11-8-10(14)4-5-12(11)15/h4-5,8,16,18H,6-7,9H2,1-3H3. The number of nitrogens with one attached hydrogen (secondary N) is 1. The number of hydrogen-bond acceptors (Lipinski definition) is 3. The van der Waals surface area contributed by atoms with Crippen LogP contribution in [0.25, 0.3) is 0 Å². The van der Waals surface area contributed by atoms with Gasteiger partial charge in [0.25, 0.3) is 0 Å². The number of aliphatic hydroxyl groups is 1. The van der Waals surface area contributed by atoms with Gasteiger partial charge in [0, 0.05) is 18.7 Å². The summed E-state index contributed by atoms with van der Waals surface area (Å²) in [6.45, 7) is 2.66. The first-order valence-electron chi connectivity index (χ1n) is 5.85. The maximum Gasteiger partial charge on any atom is 0.128 e. The number of nitrogens with zero attached hydrogens (tertiary/aromatic N) is 1. The maximum atomic E-state index is 13.7. The van der Waals surface area contributed by atoms with Gasteiger partial charge in [0.15, 0.2) is 0 Å². The van der Waals surface area contributed by atoms with Gasteiger partial charge in [-0.25, -0.2) is 8.78 Å². The van der Waals surface area contributed by atoms with Crippen molar-refractivity contribution >= 4 is 0 Å². The predicted molar refractivity (Wildman–Crippen MR) is 67.4 cm³/mol. The second-order valence-corrected chi connectivity index (χ2v) is 4.84. The Morgan fingerprint density at radius 2 is 2.00 bits per heavy atom. The first-order chi connectivity index (χ1) is 8.39. The van der Waals surface area contributed by atoms with E-state index in [0.29, 0.717) is 6.54 Å². The molecule has 0 bridgehead atoms. The van der Waals surface area contributed by atoms with Crippen molar-refractivity contribution in [2.45, 2.75) is 12.5 Å². The van der Waals surface area contributed by atoms with E-state index < -0.39 is 17.2 Å². The molecule has 1 aromatic rings. The fraction of sp³-hybridized carbons (Fsp3) is 0.538. The van der Waals surface area contributed by atoms with Crippen LogP contribution in [0.2, 0.25) is 0 Å². The Kier molecular flexibility index (Phi) is 5.19. The molecule has 1 unspecified atom stereocenters. The van der Waals surface area contributed by atoms with Crippen molar-refractivity contribution in [3.8, 4) is 0 Å². The fourth-order valence-electron chi connectivity index (χ4n) is 1.71. The summed E-state index contributed by atoms with van der Waals surface area (Å²) in [7, 11) is 3.83. The summed E-state index contributed by atoms with van der Waals surface area (Å²) in [4.78, 5) is 1.97. The molecule has 2 N–H and O–H groups in total. The van der Waals surface area contributed by atoms with Gasteiger partial charge in [0.05, 0.1) is 12.1 Å². The molecule has 0 aromatic heterocycles. The van der Waals surface area contributed by atoms with Crippen LogP contribution in [-0.4, -0.2) is 43.8 Å². The van der Waals surface area contributed by atoms with E-state index >= 15 is 0 Å². The van der Waals surface area contributed by atoms with Crippen molar-refractivity contribution in [3.63, 3.8) is 0 Å². The summed E-state index contributed by atoms with van der Waals surface area (Å²) < 4.78 is 26.9. The van der Waals surface area contributed by atoms with Gasteiger partial charge in [-0.15, -0.1) is 0 Å². The number of halogens is 2. The number of rotatable bonds is 6. The average molecular weight is 258 g/mol. The molecule has 0 aliphatic carbocycles. The summed E-state index contributed by atoms with van der Waals surface area (Å²) in [6.07, 6.45) is 0. The zero-order valence-corrected chi connectivity index (χ0v) is 11.0. The van der Waals surface area contributed by atoms with E-state index in [1.165, 1.54) is 0 Å². The van der Waals surface area contributed by atoms with Crippen molar-refractivity contribution in [1.82, 2.24) is 10.2 Å². The van der Waals surface area contributed by atoms with E-state index in [4.69, 9.17) is 0 Å². The molecule has 0 saturated heterocycles. The molecule has 0 saturated carbocycles. The minimum atomic E-state index is -0.984. The lowest BCUT2D eigenvalue weighted by Crippen LogP contribution is -2.46. The first-order valence-corrected chi connectivity index (χ1v) is 5.85. The highest BCUT2D eigenvalue weighted by Gasteiger charge is 2.28. The summed E-state index contributed by atoms with van der Waals surface area (Å²) in [5.74, 6) is -1.04. The summed E-state index contributed by atoms with van der Waals surface area (Å²) in [5.41, 5.74) is -0.842. The van der Waals surface area contributed by atoms with Crippen LogP contribution in [0.4, 0.5) is 8.78 Å². The summed E-state index contributed by atoms with van der Waals surface area (Å²) in [6, 6.07) is 3.26. The Balaban J connectivity index is 2.88. The van der Waals surface area contributed by atoms with Gasteiger partial charge in [-0.3, -0.25) is 0 Å². The molecule has 0 amide bonds. The third kappa shape index (κ3) is 3.73. The monoisotopic (exact) mass is 258 g/mol. The second-order valence-electron chi connectivity index (χ2n) is 4.84. The lowest BCUT2D eigenvalue weighted by atomic mass is 9.92. The van der Waals surface area contributed by atoms with Crippen molar-refractivity contribution in [1.29, 1.82) is 0 Å². The molecule has 1 atom stereocenters. The molecular weight excluding hydrogens is 238 g/mol. The third-order valence-electron chi connectivity index (χ3n) is 2.91. The molecule has 102 valence electrons. The quantitative estimate of drug-likeness (QED) is 0.808. The number of aliphatic hydroxyl groups excluding tert-OH is 1. The first kappa shape index (κ1) is 15.0. The SMILES string of the molecule is CN(C)CCNC(C)(CO)c1cc(F)ccc1F. The van der Waals surface area contributed by atoms with E-state index in [1.807, 2.05) is 19.0 Å². The van der Waals surface area contributed by atoms with Gasteiger partial charge >= 0.3 is 0 Å². The average Bonchev–Trinajstić information content (AvgIpc) is 2.31. The van der Waals surface area contributed by atoms with Crippen LogP contribution < -0.4 is 5.32 Å². The largest absolute Gasteiger partial charge is 0.394 e. The van der Waals surface area contributed by atoms with Crippen LogP contribution in [0.1, 0.15) is 12.5 Å². The molecular formula is C13H20F2N2O. The summed E-state index contributed by atoms with van der Waals surface area (Å²) >= 11 is 0. The third-order valence-corrected chi connectivity index (χ3v) is 2.91. The smallest absolute Gasteiger partial charge is 0.128 e. The molecule has 0 spiro atoms. The highest BCUT2D eigenvalue weighted by Crippen LogP contribution is 2.24. The van der Waals surface area contributed by atoms with E-state index in [1.54, 1.807) is 6.92 Å². The Labute approximate surface area is 106 Å². The molecule has 0 radical (unpaired) electrons. The Bertz CT molecular complexity index is 399. The normalized spacial score (nSPS) is 14.8. The van der Waals surface area contributed by atoms with Gasteiger partial charge in [0.2, 0.25) is 0 Å². The minimum absolute atomic E-state index is 0.142. The molecule has 18 heavy (non-hydrogen) atoms. The Hall–Kier alpha value is -1.04. The lowest BCUT2D eigenvalue weighted by Gasteiger charge is -2.30. The number of hydrogen-bond donors (Lipinski definition) is 2. The van der Waals surface area contributed by atoms with Crippen molar-refractivity contribution in [3.05, 3.63) is 35.4 Å².